The van der Waals surface area contributed by atoms with Crippen molar-refractivity contribution in [3.8, 4) is 0 Å². The van der Waals surface area contributed by atoms with Gasteiger partial charge in [0.1, 0.15) is 0 Å². The number of amides is 2. The van der Waals surface area contributed by atoms with E-state index < -0.39 is 11.7 Å². The van der Waals surface area contributed by atoms with Gasteiger partial charge in [-0.3, -0.25) is 9.59 Å². The molecule has 0 saturated heterocycles. The highest BCUT2D eigenvalue weighted by Crippen LogP contribution is 2.38. The molecule has 1 aliphatic rings. The van der Waals surface area contributed by atoms with Crippen LogP contribution in [-0.2, 0) is 17.4 Å². The van der Waals surface area contributed by atoms with Crippen molar-refractivity contribution in [2.75, 3.05) is 11.9 Å². The van der Waals surface area contributed by atoms with E-state index in [4.69, 9.17) is 0 Å². The summed E-state index contributed by atoms with van der Waals surface area (Å²) >= 11 is 0. The van der Waals surface area contributed by atoms with Crippen molar-refractivity contribution in [3.63, 3.8) is 0 Å². The molecule has 148 valence electrons. The van der Waals surface area contributed by atoms with Gasteiger partial charge in [-0.2, -0.15) is 13.2 Å². The number of nitrogens with one attached hydrogen (secondary N) is 2. The van der Waals surface area contributed by atoms with Crippen molar-refractivity contribution in [2.24, 2.45) is 11.8 Å². The number of hydrogen-bond acceptors (Lipinski definition) is 2. The summed E-state index contributed by atoms with van der Waals surface area (Å²) < 4.78 is 37.7. The predicted molar refractivity (Wildman–Crippen MR) is 99.8 cm³/mol. The summed E-state index contributed by atoms with van der Waals surface area (Å²) in [5.41, 5.74) is 0.987. The second-order valence-electron chi connectivity index (χ2n) is 7.09. The second kappa shape index (κ2) is 8.04. The van der Waals surface area contributed by atoms with E-state index in [9.17, 15) is 22.8 Å². The van der Waals surface area contributed by atoms with Gasteiger partial charge >= 0.3 is 6.18 Å². The normalized spacial score (nSPS) is 18.4. The molecule has 2 aromatic rings. The minimum atomic E-state index is -4.36. The van der Waals surface area contributed by atoms with Gasteiger partial charge in [0.2, 0.25) is 5.91 Å². The third kappa shape index (κ3) is 5.12. The number of rotatable bonds is 6. The van der Waals surface area contributed by atoms with Crippen LogP contribution in [0.4, 0.5) is 18.9 Å². The molecule has 1 saturated carbocycles. The molecule has 2 N–H and O–H groups in total. The van der Waals surface area contributed by atoms with Crippen molar-refractivity contribution in [1.29, 1.82) is 0 Å². The summed E-state index contributed by atoms with van der Waals surface area (Å²) in [6.45, 7) is 2.31. The molecule has 0 aliphatic heterocycles. The van der Waals surface area contributed by atoms with Gasteiger partial charge < -0.3 is 10.6 Å². The van der Waals surface area contributed by atoms with Crippen LogP contribution in [0.5, 0.6) is 0 Å². The number of carbonyl (C=O) groups excluding carboxylic acids is 2. The number of hydrogen-bond donors (Lipinski definition) is 2. The number of carbonyl (C=O) groups is 2. The molecule has 0 bridgehead atoms. The molecule has 28 heavy (non-hydrogen) atoms. The highest BCUT2D eigenvalue weighted by atomic mass is 19.4. The SMILES string of the molecule is CC1CC1C(=O)Nc1cccc(C(=O)NCCc2ccc(C(F)(F)F)cc2)c1. The molecule has 2 atom stereocenters. The largest absolute Gasteiger partial charge is 0.416 e. The van der Waals surface area contributed by atoms with E-state index in [0.717, 1.165) is 18.6 Å². The van der Waals surface area contributed by atoms with Crippen molar-refractivity contribution in [3.05, 3.63) is 65.2 Å². The lowest BCUT2D eigenvalue weighted by Gasteiger charge is -2.09. The van der Waals surface area contributed by atoms with Crippen molar-refractivity contribution >= 4 is 17.5 Å². The van der Waals surface area contributed by atoms with Gasteiger partial charge in [0, 0.05) is 23.7 Å². The van der Waals surface area contributed by atoms with Gasteiger partial charge in [-0.25, -0.2) is 0 Å². The van der Waals surface area contributed by atoms with Gasteiger partial charge in [-0.1, -0.05) is 25.1 Å². The Morgan fingerprint density at radius 2 is 1.79 bits per heavy atom. The molecule has 3 rings (SSSR count). The summed E-state index contributed by atoms with van der Waals surface area (Å²) in [5.74, 6) is 0.105. The molecule has 4 nitrogen and oxygen atoms in total. The monoisotopic (exact) mass is 390 g/mol. The maximum atomic E-state index is 12.6. The van der Waals surface area contributed by atoms with Crippen LogP contribution in [0.3, 0.4) is 0 Å². The average Bonchev–Trinajstić information content (AvgIpc) is 3.38. The van der Waals surface area contributed by atoms with E-state index in [1.54, 1.807) is 24.3 Å². The Labute approximate surface area is 161 Å². The summed E-state index contributed by atoms with van der Waals surface area (Å²) in [7, 11) is 0. The second-order valence-corrected chi connectivity index (χ2v) is 7.09. The average molecular weight is 390 g/mol. The Bertz CT molecular complexity index is 863. The quantitative estimate of drug-likeness (QED) is 0.774. The third-order valence-corrected chi connectivity index (χ3v) is 4.82. The lowest BCUT2D eigenvalue weighted by molar-refractivity contribution is -0.137. The van der Waals surface area contributed by atoms with Crippen LogP contribution in [0.25, 0.3) is 0 Å². The minimum absolute atomic E-state index is 0.0349. The van der Waals surface area contributed by atoms with Crippen LogP contribution in [0.1, 0.15) is 34.8 Å². The Kier molecular flexibility index (Phi) is 5.72. The first-order valence-electron chi connectivity index (χ1n) is 9.09. The molecule has 0 aromatic heterocycles. The summed E-state index contributed by atoms with van der Waals surface area (Å²) in [5, 5.41) is 5.56. The molecule has 7 heteroatoms. The molecule has 2 aromatic carbocycles. The lowest BCUT2D eigenvalue weighted by atomic mass is 10.1. The molecule has 1 aliphatic carbocycles. The molecule has 2 amide bonds. The van der Waals surface area contributed by atoms with Crippen LogP contribution in [0.2, 0.25) is 0 Å². The summed E-state index contributed by atoms with van der Waals surface area (Å²) in [4.78, 5) is 24.3. The summed E-state index contributed by atoms with van der Waals surface area (Å²) in [6, 6.07) is 11.5. The van der Waals surface area contributed by atoms with E-state index in [-0.39, 0.29) is 17.7 Å². The molecular formula is C21H21F3N2O2. The minimum Gasteiger partial charge on any atom is -0.352 e. The van der Waals surface area contributed by atoms with Gasteiger partial charge in [-0.05, 0) is 54.7 Å². The first-order valence-corrected chi connectivity index (χ1v) is 9.09. The van der Waals surface area contributed by atoms with Crippen molar-refractivity contribution in [1.82, 2.24) is 5.32 Å². The van der Waals surface area contributed by atoms with E-state index in [1.165, 1.54) is 12.1 Å². The first kappa shape index (κ1) is 19.9. The van der Waals surface area contributed by atoms with E-state index in [2.05, 4.69) is 10.6 Å². The predicted octanol–water partition coefficient (Wildman–Crippen LogP) is 4.27. The van der Waals surface area contributed by atoms with E-state index in [1.807, 2.05) is 6.92 Å². The van der Waals surface area contributed by atoms with Crippen LogP contribution in [0.15, 0.2) is 48.5 Å². The van der Waals surface area contributed by atoms with E-state index in [0.29, 0.717) is 35.7 Å². The Morgan fingerprint density at radius 3 is 2.39 bits per heavy atom. The zero-order valence-corrected chi connectivity index (χ0v) is 15.3. The first-order chi connectivity index (χ1) is 13.2. The van der Waals surface area contributed by atoms with E-state index >= 15 is 0 Å². The number of halogens is 3. The van der Waals surface area contributed by atoms with Gasteiger partial charge in [0.05, 0.1) is 5.56 Å². The number of benzene rings is 2. The van der Waals surface area contributed by atoms with Crippen molar-refractivity contribution < 1.29 is 22.8 Å². The fourth-order valence-corrected chi connectivity index (χ4v) is 2.94. The lowest BCUT2D eigenvalue weighted by Crippen LogP contribution is -2.26. The highest BCUT2D eigenvalue weighted by Gasteiger charge is 2.39. The molecule has 0 heterocycles. The maximum Gasteiger partial charge on any atom is 0.416 e. The zero-order valence-electron chi connectivity index (χ0n) is 15.3. The van der Waals surface area contributed by atoms with Crippen LogP contribution in [0, 0.1) is 11.8 Å². The molecule has 2 unspecified atom stereocenters. The highest BCUT2D eigenvalue weighted by molar-refractivity contribution is 5.98. The number of anilines is 1. The number of alkyl halides is 3. The molecule has 0 spiro atoms. The Balaban J connectivity index is 1.51. The third-order valence-electron chi connectivity index (χ3n) is 4.82. The van der Waals surface area contributed by atoms with Crippen LogP contribution >= 0.6 is 0 Å². The maximum absolute atomic E-state index is 12.6. The van der Waals surface area contributed by atoms with Crippen LogP contribution in [-0.4, -0.2) is 18.4 Å². The Morgan fingerprint density at radius 1 is 1.11 bits per heavy atom. The standard InChI is InChI=1S/C21H21F3N2O2/c1-13-11-18(13)20(28)26-17-4-2-3-15(12-17)19(27)25-10-9-14-5-7-16(8-6-14)21(22,23)24/h2-8,12-13,18H,9-11H2,1H3,(H,25,27)(H,26,28). The topological polar surface area (TPSA) is 58.2 Å². The van der Waals surface area contributed by atoms with Crippen LogP contribution < -0.4 is 10.6 Å². The molecule has 0 radical (unpaired) electrons. The molecular weight excluding hydrogens is 369 g/mol. The smallest absolute Gasteiger partial charge is 0.352 e. The Hall–Kier alpha value is -2.83. The fraction of sp³-hybridized carbons (Fsp3) is 0.333. The summed E-state index contributed by atoms with van der Waals surface area (Å²) in [6.07, 6.45) is -3.05. The van der Waals surface area contributed by atoms with Crippen molar-refractivity contribution in [2.45, 2.75) is 25.9 Å². The zero-order chi connectivity index (χ0) is 20.3. The molecule has 1 fully saturated rings. The fourth-order valence-electron chi connectivity index (χ4n) is 2.94. The van der Waals surface area contributed by atoms with Gasteiger partial charge in [0.25, 0.3) is 5.91 Å². The van der Waals surface area contributed by atoms with Gasteiger partial charge in [-0.15, -0.1) is 0 Å². The van der Waals surface area contributed by atoms with Gasteiger partial charge in [0.15, 0.2) is 0 Å².